The van der Waals surface area contributed by atoms with Gasteiger partial charge in [0.2, 0.25) is 0 Å². The first-order valence-electron chi connectivity index (χ1n) is 17.9. The van der Waals surface area contributed by atoms with Gasteiger partial charge >= 0.3 is 312 Å². The van der Waals surface area contributed by atoms with Crippen LogP contribution in [0.4, 0.5) is 0 Å². The monoisotopic (exact) mass is 851 g/mol. The van der Waals surface area contributed by atoms with Crippen LogP contribution >= 0.6 is 0 Å². The molecule has 0 radical (unpaired) electrons. The molecule has 0 saturated heterocycles. The molecule has 4 aliphatic heterocycles. The van der Waals surface area contributed by atoms with E-state index >= 15 is 0 Å². The van der Waals surface area contributed by atoms with E-state index in [9.17, 15) is 0 Å². The summed E-state index contributed by atoms with van der Waals surface area (Å²) < 4.78 is 9.70. The molecule has 0 unspecified atom stereocenters. The van der Waals surface area contributed by atoms with Crippen molar-refractivity contribution in [3.05, 3.63) is 204 Å². The molecule has 0 amide bonds. The number of fused-ring (bicyclic) bond motifs is 18. The van der Waals surface area contributed by atoms with Crippen molar-refractivity contribution in [2.24, 2.45) is 0 Å². The van der Waals surface area contributed by atoms with Crippen LogP contribution in [0.15, 0.2) is 170 Å². The zero-order valence-corrected chi connectivity index (χ0v) is 30.4. The Hall–Kier alpha value is -5.77. The Balaban J connectivity index is 1.24. The first kappa shape index (κ1) is 28.9. The molecule has 252 valence electrons. The van der Waals surface area contributed by atoms with Crippen LogP contribution in [0.25, 0.3) is 22.3 Å². The van der Waals surface area contributed by atoms with Crippen molar-refractivity contribution >= 4 is 8.29 Å². The van der Waals surface area contributed by atoms with Gasteiger partial charge in [-0.25, -0.2) is 0 Å². The van der Waals surface area contributed by atoms with Crippen molar-refractivity contribution in [3.8, 4) is 33.8 Å². The molecular formula is C46H32N4OPt. The average Bonchev–Trinajstić information content (AvgIpc) is 3.91. The van der Waals surface area contributed by atoms with Crippen LogP contribution < -0.4 is 4.74 Å². The standard InChI is InChI=1S/C46H32N4O.Pt/c1-5-19-41-37(15-1)38-16-2-6-20-42(38)45(41)33-11-9-13-35(29-33)51-36-14-10-12-34(30-36)46(43-21-7-3-17-39(43)40-18-4-8-22-44(40)46)50-28-26-48(32-50)24-23-47-25-27-49(45)31-47;/h1-22,25-30H,23-24H2;. The molecule has 0 atom stereocenters. The Kier molecular flexibility index (Phi) is 5.78. The molecule has 5 nitrogen and oxygen atoms in total. The van der Waals surface area contributed by atoms with Crippen LogP contribution in [-0.4, -0.2) is 41.0 Å². The molecule has 0 N–H and O–H groups in total. The number of rotatable bonds is 0. The first-order chi connectivity index (χ1) is 25.8. The molecular weight excluding hydrogens is 820 g/mol. The molecule has 4 heterocycles. The Morgan fingerprint density at radius 1 is 0.423 bits per heavy atom. The Bertz CT molecular complexity index is 2400. The quantitative estimate of drug-likeness (QED) is 0.153. The number of nitrogens with zero attached hydrogens (tertiary/aromatic N) is 4. The van der Waals surface area contributed by atoms with Gasteiger partial charge in [0.05, 0.1) is 0 Å². The fraction of sp³-hybridized carbons (Fsp3) is 0.0870. The van der Waals surface area contributed by atoms with E-state index in [1.54, 1.807) is 0 Å². The summed E-state index contributed by atoms with van der Waals surface area (Å²) >= 11 is -0.755. The number of ether oxygens (including phenoxy) is 1. The molecule has 6 aromatic rings. The first-order valence-corrected chi connectivity index (χ1v) is 20.1. The van der Waals surface area contributed by atoms with Gasteiger partial charge in [0, 0.05) is 0 Å². The van der Waals surface area contributed by atoms with E-state index in [1.807, 2.05) is 0 Å². The molecule has 6 aromatic carbocycles. The third-order valence-electron chi connectivity index (χ3n) is 11.6. The van der Waals surface area contributed by atoms with E-state index in [-0.39, 0.29) is 0 Å². The summed E-state index contributed by atoms with van der Waals surface area (Å²) in [6.07, 6.45) is 9.37. The van der Waals surface area contributed by atoms with Crippen molar-refractivity contribution in [1.29, 1.82) is 0 Å². The van der Waals surface area contributed by atoms with Gasteiger partial charge in [0.1, 0.15) is 0 Å². The molecule has 52 heavy (non-hydrogen) atoms. The van der Waals surface area contributed by atoms with Crippen molar-refractivity contribution in [1.82, 2.24) is 19.6 Å². The molecule has 2 spiro atoms. The minimum atomic E-state index is -0.755. The zero-order chi connectivity index (χ0) is 34.0. The summed E-state index contributed by atoms with van der Waals surface area (Å²) in [5, 5.41) is 0. The van der Waals surface area contributed by atoms with E-state index in [2.05, 4.69) is 190 Å². The van der Waals surface area contributed by atoms with Gasteiger partial charge in [-0.2, -0.15) is 0 Å². The number of hydrogen-bond acceptors (Lipinski definition) is 5. The molecule has 6 bridgehead atoms. The van der Waals surface area contributed by atoms with Gasteiger partial charge in [0.15, 0.2) is 0 Å². The van der Waals surface area contributed by atoms with Gasteiger partial charge in [0.25, 0.3) is 0 Å². The molecule has 6 aliphatic rings. The maximum atomic E-state index is 6.94. The van der Waals surface area contributed by atoms with Crippen LogP contribution in [-0.2, 0) is 28.7 Å². The van der Waals surface area contributed by atoms with Crippen LogP contribution in [0.3, 0.4) is 0 Å². The van der Waals surface area contributed by atoms with E-state index in [4.69, 9.17) is 4.74 Å². The molecule has 6 heteroatoms. The Morgan fingerprint density at radius 3 is 1.21 bits per heavy atom. The van der Waals surface area contributed by atoms with Gasteiger partial charge in [-0.3, -0.25) is 0 Å². The van der Waals surface area contributed by atoms with Crippen molar-refractivity contribution in [2.75, 3.05) is 13.1 Å². The second-order valence-corrected chi connectivity index (χ2v) is 16.6. The summed E-state index contributed by atoms with van der Waals surface area (Å²) in [5.41, 5.74) is 11.6. The fourth-order valence-electron chi connectivity index (χ4n) is 9.59. The summed E-state index contributed by atoms with van der Waals surface area (Å²) in [7, 11) is 0. The zero-order valence-electron chi connectivity index (χ0n) is 28.1. The molecule has 2 aliphatic carbocycles. The third kappa shape index (κ3) is 3.52. The molecule has 0 saturated carbocycles. The van der Waals surface area contributed by atoms with E-state index < -0.39 is 28.7 Å². The summed E-state index contributed by atoms with van der Waals surface area (Å²) in [6.45, 7) is 1.81. The van der Waals surface area contributed by atoms with E-state index in [0.717, 1.165) is 24.6 Å². The summed E-state index contributed by atoms with van der Waals surface area (Å²) in [5.74, 6) is 1.66. The average molecular weight is 852 g/mol. The SMILES string of the molecule is C1=CN2[C]3=[Pt]=[C]4N(C=CN4C4(c5cccc(c5)Oc5cccc(c5)C25c2ccccc2-c2ccccc25)c2ccccc2-c2ccccc24)CCN13. The fourth-order valence-corrected chi connectivity index (χ4v) is 13.2. The normalized spacial score (nSPS) is 18.8. The minimum absolute atomic E-state index is 0.587. The van der Waals surface area contributed by atoms with Crippen molar-refractivity contribution < 1.29 is 22.4 Å². The Labute approximate surface area is 310 Å². The summed E-state index contributed by atoms with van der Waals surface area (Å²) in [4.78, 5) is 10.3. The summed E-state index contributed by atoms with van der Waals surface area (Å²) in [6, 6.07) is 53.7. The van der Waals surface area contributed by atoms with Crippen LogP contribution in [0.5, 0.6) is 11.5 Å². The molecule has 0 aromatic heterocycles. The second kappa shape index (κ2) is 10.4. The second-order valence-electron chi connectivity index (χ2n) is 14.0. The van der Waals surface area contributed by atoms with Crippen LogP contribution in [0, 0.1) is 0 Å². The Morgan fingerprint density at radius 2 is 0.808 bits per heavy atom. The molecule has 12 rings (SSSR count). The van der Waals surface area contributed by atoms with Gasteiger partial charge in [-0.05, 0) is 0 Å². The predicted octanol–water partition coefficient (Wildman–Crippen LogP) is 8.49. The van der Waals surface area contributed by atoms with E-state index in [1.165, 1.54) is 63.9 Å². The number of benzene rings is 6. The van der Waals surface area contributed by atoms with Crippen molar-refractivity contribution in [3.63, 3.8) is 0 Å². The number of hydrogen-bond donors (Lipinski definition) is 0. The topological polar surface area (TPSA) is 22.2 Å². The van der Waals surface area contributed by atoms with E-state index in [0.29, 0.717) is 0 Å². The van der Waals surface area contributed by atoms with Crippen LogP contribution in [0.1, 0.15) is 33.4 Å². The third-order valence-corrected chi connectivity index (χ3v) is 15.0. The van der Waals surface area contributed by atoms with Crippen LogP contribution in [0.2, 0.25) is 0 Å². The van der Waals surface area contributed by atoms with Crippen molar-refractivity contribution in [2.45, 2.75) is 11.1 Å². The predicted molar refractivity (Wildman–Crippen MR) is 202 cm³/mol. The molecule has 0 fully saturated rings. The van der Waals surface area contributed by atoms with Gasteiger partial charge < -0.3 is 0 Å². The maximum absolute atomic E-state index is 6.94. The van der Waals surface area contributed by atoms with Gasteiger partial charge in [-0.1, -0.05) is 0 Å². The van der Waals surface area contributed by atoms with Gasteiger partial charge in [-0.15, -0.1) is 0 Å².